The van der Waals surface area contributed by atoms with Crippen molar-refractivity contribution in [3.8, 4) is 0 Å². The van der Waals surface area contributed by atoms with Crippen LogP contribution >= 0.6 is 7.94 Å². The van der Waals surface area contributed by atoms with E-state index in [2.05, 4.69) is 39.4 Å². The first-order valence-corrected chi connectivity index (χ1v) is 16.7. The summed E-state index contributed by atoms with van der Waals surface area (Å²) < 4.78 is 10.4. The molecule has 2 aliphatic heterocycles. The van der Waals surface area contributed by atoms with E-state index in [1.165, 1.54) is 77.0 Å². The van der Waals surface area contributed by atoms with E-state index in [4.69, 9.17) is 24.2 Å². The number of carbonyl (C=O) groups is 1. The summed E-state index contributed by atoms with van der Waals surface area (Å²) in [4.78, 5) is 53.8. The van der Waals surface area contributed by atoms with Crippen molar-refractivity contribution in [3.05, 3.63) is 12.2 Å². The van der Waals surface area contributed by atoms with Gasteiger partial charge in [0.25, 0.3) is 0 Å². The average Bonchev–Trinajstić information content (AvgIpc) is 3.32. The quantitative estimate of drug-likeness (QED) is 0.0888. The van der Waals surface area contributed by atoms with E-state index in [0.717, 1.165) is 19.3 Å². The number of rotatable bonds is 21. The molecule has 0 spiro atoms. The van der Waals surface area contributed by atoms with Crippen molar-refractivity contribution in [1.82, 2.24) is 10.2 Å². The molecule has 0 aromatic heterocycles. The third kappa shape index (κ3) is 15.5. The number of hydrogen-bond acceptors (Lipinski definition) is 10. The number of hydrogen-bond donors (Lipinski definition) is 4. The molecular formula is C27H50N5O6P. The van der Waals surface area contributed by atoms with E-state index in [1.807, 2.05) is 0 Å². The Morgan fingerprint density at radius 2 is 1.59 bits per heavy atom. The van der Waals surface area contributed by atoms with Crippen LogP contribution in [-0.2, 0) is 9.47 Å². The van der Waals surface area contributed by atoms with E-state index in [1.54, 1.807) is 11.2 Å². The van der Waals surface area contributed by atoms with E-state index in [0.29, 0.717) is 19.0 Å². The number of nitrogens with zero attached hydrogens (tertiary/aromatic N) is 4. The van der Waals surface area contributed by atoms with Gasteiger partial charge in [-0.25, -0.2) is 0 Å². The summed E-state index contributed by atoms with van der Waals surface area (Å²) >= 11 is 0. The van der Waals surface area contributed by atoms with Gasteiger partial charge in [-0.3, -0.25) is 0 Å². The summed E-state index contributed by atoms with van der Waals surface area (Å²) in [6, 6.07) is -0.463. The molecule has 12 heteroatoms. The molecule has 0 fully saturated rings. The molecule has 224 valence electrons. The van der Waals surface area contributed by atoms with Crippen LogP contribution in [0.15, 0.2) is 27.1 Å². The summed E-state index contributed by atoms with van der Waals surface area (Å²) in [6.07, 6.45) is 23.4. The Hall–Kier alpha value is -1.91. The molecule has 0 aliphatic carbocycles. The molecule has 2 heterocycles. The second-order valence-electron chi connectivity index (χ2n) is 10.2. The van der Waals surface area contributed by atoms with Crippen LogP contribution in [-0.4, -0.2) is 82.5 Å². The number of ether oxygens (including phenoxy) is 2. The third-order valence-electron chi connectivity index (χ3n) is 6.60. The zero-order valence-corrected chi connectivity index (χ0v) is 24.5. The zero-order chi connectivity index (χ0) is 28.2. The second kappa shape index (κ2) is 20.0. The van der Waals surface area contributed by atoms with Gasteiger partial charge >= 0.3 is 125 Å². The van der Waals surface area contributed by atoms with Crippen LogP contribution in [0, 0.1) is 0 Å². The second-order valence-corrected chi connectivity index (χ2v) is 12.0. The van der Waals surface area contributed by atoms with Crippen LogP contribution in [0.4, 0.5) is 4.79 Å². The maximum absolute atomic E-state index is 12.2. The van der Waals surface area contributed by atoms with Gasteiger partial charge in [0.15, 0.2) is 0 Å². The summed E-state index contributed by atoms with van der Waals surface area (Å²) in [5, 5.41) is 2.68. The van der Waals surface area contributed by atoms with Gasteiger partial charge < -0.3 is 0 Å². The first-order chi connectivity index (χ1) is 18.9. The van der Waals surface area contributed by atoms with Crippen molar-refractivity contribution in [2.24, 2.45) is 15.0 Å². The monoisotopic (exact) mass is 571 g/mol. The van der Waals surface area contributed by atoms with Gasteiger partial charge in [-0.2, -0.15) is 0 Å². The Labute approximate surface area is 234 Å². The van der Waals surface area contributed by atoms with Crippen molar-refractivity contribution in [2.75, 3.05) is 26.1 Å². The van der Waals surface area contributed by atoms with Crippen molar-refractivity contribution in [1.29, 1.82) is 0 Å². The molecule has 1 amide bonds. The number of fused-ring (bicyclic) bond motifs is 1. The maximum atomic E-state index is 12.2. The summed E-state index contributed by atoms with van der Waals surface area (Å²) in [6.45, 7) is 3.14. The molecule has 0 saturated carbocycles. The van der Waals surface area contributed by atoms with Crippen LogP contribution in [0.5, 0.6) is 0 Å². The first-order valence-electron chi connectivity index (χ1n) is 14.6. The SMILES string of the molecule is CCCCCCCC/C=C\CCCCCCCCOC(=O)NC1=NC=NC2C1N=CN2CCOC[PH](O)(O)O. The van der Waals surface area contributed by atoms with Crippen molar-refractivity contribution in [2.45, 2.75) is 109 Å². The molecule has 4 N–H and O–H groups in total. The Morgan fingerprint density at radius 3 is 2.26 bits per heavy atom. The van der Waals surface area contributed by atoms with Crippen LogP contribution < -0.4 is 5.32 Å². The summed E-state index contributed by atoms with van der Waals surface area (Å²) in [5.41, 5.74) is 0. The Kier molecular flexibility index (Phi) is 17.1. The van der Waals surface area contributed by atoms with Gasteiger partial charge in [-0.05, 0) is 32.1 Å². The van der Waals surface area contributed by atoms with Crippen LogP contribution in [0.25, 0.3) is 0 Å². The standard InChI is InChI=1S/C27H50N5O6P/c1-2-3-4-5-6-7-8-9-10-11-12-13-14-15-16-17-19-38-27(33)31-25-24-26(29-21-28-25)32(22-30-24)18-20-37-23-39(34,35)36/h9-10,21-22,24,26,34-36,39H,2-8,11-20,23H2,1H3,(H,28,29,31,33)/b10-9-. The molecule has 0 bridgehead atoms. The van der Waals surface area contributed by atoms with Gasteiger partial charge in [-0.1, -0.05) is 76.9 Å². The first kappa shape index (κ1) is 33.3. The molecule has 2 atom stereocenters. The molecule has 39 heavy (non-hydrogen) atoms. The molecule has 0 saturated heterocycles. The molecule has 0 aromatic rings. The van der Waals surface area contributed by atoms with Gasteiger partial charge in [0, 0.05) is 0 Å². The fourth-order valence-electron chi connectivity index (χ4n) is 4.43. The topological polar surface area (TPSA) is 149 Å². The predicted molar refractivity (Wildman–Crippen MR) is 158 cm³/mol. The number of unbranched alkanes of at least 4 members (excludes halogenated alkanes) is 12. The molecule has 11 nitrogen and oxygen atoms in total. The van der Waals surface area contributed by atoms with Crippen LogP contribution in [0.2, 0.25) is 0 Å². The van der Waals surface area contributed by atoms with Gasteiger partial charge in [0.05, 0.1) is 0 Å². The minimum atomic E-state index is -4.22. The number of allylic oxidation sites excluding steroid dienone is 2. The molecule has 2 unspecified atom stereocenters. The van der Waals surface area contributed by atoms with E-state index < -0.39 is 26.4 Å². The van der Waals surface area contributed by atoms with Crippen molar-refractivity contribution in [3.63, 3.8) is 0 Å². The predicted octanol–water partition coefficient (Wildman–Crippen LogP) is 4.68. The molecule has 2 aliphatic rings. The summed E-state index contributed by atoms with van der Waals surface area (Å²) in [7, 11) is -4.22. The number of carbonyl (C=O) groups excluding carboxylic acids is 1. The van der Waals surface area contributed by atoms with E-state index >= 15 is 0 Å². The van der Waals surface area contributed by atoms with E-state index in [-0.39, 0.29) is 12.8 Å². The van der Waals surface area contributed by atoms with Crippen LogP contribution in [0.1, 0.15) is 96.8 Å². The number of amides is 1. The number of alkyl carbamates (subject to hydrolysis) is 1. The molecular weight excluding hydrogens is 521 g/mol. The van der Waals surface area contributed by atoms with Crippen molar-refractivity contribution < 1.29 is 28.9 Å². The fraction of sp³-hybridized carbons (Fsp3) is 0.778. The van der Waals surface area contributed by atoms with Gasteiger partial charge in [0.1, 0.15) is 0 Å². The summed E-state index contributed by atoms with van der Waals surface area (Å²) in [5.74, 6) is 0.369. The van der Waals surface area contributed by atoms with Crippen LogP contribution in [0.3, 0.4) is 0 Å². The molecule has 2 rings (SSSR count). The third-order valence-corrected chi connectivity index (χ3v) is 7.19. The Morgan fingerprint density at radius 1 is 0.949 bits per heavy atom. The van der Waals surface area contributed by atoms with E-state index in [9.17, 15) is 4.79 Å². The Balaban J connectivity index is 1.45. The fourth-order valence-corrected chi connectivity index (χ4v) is 4.85. The number of nitrogens with one attached hydrogen (secondary N) is 1. The van der Waals surface area contributed by atoms with Crippen molar-refractivity contribution >= 4 is 32.5 Å². The van der Waals surface area contributed by atoms with Gasteiger partial charge in [-0.15, -0.1) is 0 Å². The molecule has 0 aromatic carbocycles. The minimum absolute atomic E-state index is 0.152. The zero-order valence-electron chi connectivity index (χ0n) is 23.5. The Bertz CT molecular complexity index is 802. The number of amidine groups is 1. The number of aliphatic imine (C=N–C) groups is 3. The molecule has 0 radical (unpaired) electrons. The average molecular weight is 572 g/mol. The normalized spacial score (nSPS) is 19.0. The van der Waals surface area contributed by atoms with Gasteiger partial charge in [0.2, 0.25) is 0 Å².